The third-order valence-electron chi connectivity index (χ3n) is 0.836. The van der Waals surface area contributed by atoms with E-state index in [1.807, 2.05) is 0 Å². The first-order chi connectivity index (χ1) is 3.30. The lowest BCUT2D eigenvalue weighted by molar-refractivity contribution is -0.121. The molecule has 2 nitrogen and oxygen atoms in total. The second kappa shape index (κ2) is 1.74. The van der Waals surface area contributed by atoms with Crippen molar-refractivity contribution in [3.63, 3.8) is 0 Å². The fourth-order valence-corrected chi connectivity index (χ4v) is 1.06. The number of amides is 1. The molecule has 1 aliphatic rings. The molecule has 3 heteroatoms. The van der Waals surface area contributed by atoms with Gasteiger partial charge in [-0.2, -0.15) is 0 Å². The maximum absolute atomic E-state index is 10.4. The summed E-state index contributed by atoms with van der Waals surface area (Å²) in [5, 5.41) is 0. The minimum atomic E-state index is 0.130. The van der Waals surface area contributed by atoms with Gasteiger partial charge in [-0.15, -0.1) is 0 Å². The fourth-order valence-electron chi connectivity index (χ4n) is 0.413. The minimum Gasteiger partial charge on any atom is -0.289 e. The van der Waals surface area contributed by atoms with Gasteiger partial charge in [-0.25, -0.2) is 0 Å². The molecule has 1 aliphatic heterocycles. The van der Waals surface area contributed by atoms with Crippen LogP contribution in [0, 0.1) is 6.42 Å². The Balaban J connectivity index is 2.48. The topological polar surface area (TPSA) is 20.3 Å². The van der Waals surface area contributed by atoms with Crippen molar-refractivity contribution in [3.8, 4) is 0 Å². The molecule has 0 spiro atoms. The predicted molar refractivity (Wildman–Crippen MR) is 29.5 cm³/mol. The largest absolute Gasteiger partial charge is 0.289 e. The van der Waals surface area contributed by atoms with Crippen LogP contribution in [0.15, 0.2) is 0 Å². The molecule has 1 heterocycles. The van der Waals surface area contributed by atoms with Gasteiger partial charge >= 0.3 is 0 Å². The highest BCUT2D eigenvalue weighted by Crippen LogP contribution is 2.16. The van der Waals surface area contributed by atoms with E-state index in [4.69, 9.17) is 0 Å². The summed E-state index contributed by atoms with van der Waals surface area (Å²) >= 11 is 1.53. The first kappa shape index (κ1) is 4.97. The van der Waals surface area contributed by atoms with E-state index in [0.717, 1.165) is 5.75 Å². The highest BCUT2D eigenvalue weighted by atomic mass is 32.2. The summed E-state index contributed by atoms with van der Waals surface area (Å²) in [7, 11) is 1.77. The maximum Gasteiger partial charge on any atom is 0.237 e. The molecular weight excluding hydrogens is 110 g/mol. The summed E-state index contributed by atoms with van der Waals surface area (Å²) in [6, 6.07) is 0. The van der Waals surface area contributed by atoms with Gasteiger partial charge in [-0.05, 0) is 11.9 Å². The van der Waals surface area contributed by atoms with Gasteiger partial charge in [0.15, 0.2) is 0 Å². The van der Waals surface area contributed by atoms with Crippen LogP contribution < -0.4 is 0 Å². The zero-order valence-corrected chi connectivity index (χ0v) is 4.86. The third kappa shape index (κ3) is 0.881. The number of hydrogen-bond donors (Lipinski definition) is 0. The van der Waals surface area contributed by atoms with Gasteiger partial charge in [-0.1, -0.05) is 0 Å². The van der Waals surface area contributed by atoms with Crippen molar-refractivity contribution in [3.05, 3.63) is 6.42 Å². The lowest BCUT2D eigenvalue weighted by Gasteiger charge is -2.01. The molecule has 0 aromatic carbocycles. The average Bonchev–Trinajstić information content (AvgIpc) is 1.91. The van der Waals surface area contributed by atoms with Crippen molar-refractivity contribution < 1.29 is 4.79 Å². The normalized spacial score (nSPS) is 21.3. The molecule has 1 saturated heterocycles. The van der Waals surface area contributed by atoms with Crippen LogP contribution in [0.5, 0.6) is 0 Å². The SMILES string of the molecule is CN1SC[CH]C1=O. The quantitative estimate of drug-likeness (QED) is 0.424. The van der Waals surface area contributed by atoms with Gasteiger partial charge in [0.05, 0.1) is 6.42 Å². The molecule has 0 bridgehead atoms. The summed E-state index contributed by atoms with van der Waals surface area (Å²) in [6.45, 7) is 0. The van der Waals surface area contributed by atoms with Gasteiger partial charge in [0, 0.05) is 12.8 Å². The van der Waals surface area contributed by atoms with Crippen LogP contribution in [-0.4, -0.2) is 23.0 Å². The standard InChI is InChI=1S/C4H6NOS/c1-5-4(6)2-3-7-5/h2H,3H2,1H3. The average molecular weight is 116 g/mol. The first-order valence-electron chi connectivity index (χ1n) is 2.04. The lowest BCUT2D eigenvalue weighted by atomic mass is 10.5. The molecule has 0 atom stereocenters. The Bertz CT molecular complexity index is 93.7. The zero-order valence-electron chi connectivity index (χ0n) is 4.05. The third-order valence-corrected chi connectivity index (χ3v) is 1.72. The van der Waals surface area contributed by atoms with Gasteiger partial charge in [0.25, 0.3) is 0 Å². The van der Waals surface area contributed by atoms with E-state index in [9.17, 15) is 4.79 Å². The van der Waals surface area contributed by atoms with Gasteiger partial charge in [-0.3, -0.25) is 9.10 Å². The summed E-state index contributed by atoms with van der Waals surface area (Å²) in [5.41, 5.74) is 0. The Kier molecular flexibility index (Phi) is 1.23. The number of rotatable bonds is 0. The minimum absolute atomic E-state index is 0.130. The van der Waals surface area contributed by atoms with E-state index < -0.39 is 0 Å². The summed E-state index contributed by atoms with van der Waals surface area (Å²) < 4.78 is 1.62. The molecule has 1 amide bonds. The molecule has 1 radical (unpaired) electrons. The smallest absolute Gasteiger partial charge is 0.237 e. The molecule has 39 valence electrons. The molecular formula is C4H6NOS. The van der Waals surface area contributed by atoms with Gasteiger partial charge < -0.3 is 0 Å². The second-order valence-corrected chi connectivity index (χ2v) is 2.47. The highest BCUT2D eigenvalue weighted by Gasteiger charge is 2.16. The number of carbonyl (C=O) groups excluding carboxylic acids is 1. The highest BCUT2D eigenvalue weighted by molar-refractivity contribution is 7.98. The Morgan fingerprint density at radius 2 is 2.71 bits per heavy atom. The van der Waals surface area contributed by atoms with Crippen LogP contribution >= 0.6 is 11.9 Å². The van der Waals surface area contributed by atoms with Crippen LogP contribution in [0.2, 0.25) is 0 Å². The Hall–Kier alpha value is -0.180. The van der Waals surface area contributed by atoms with Crippen molar-refractivity contribution in [2.45, 2.75) is 0 Å². The zero-order chi connectivity index (χ0) is 5.28. The van der Waals surface area contributed by atoms with Crippen LogP contribution in [-0.2, 0) is 4.79 Å². The number of hydrogen-bond acceptors (Lipinski definition) is 2. The lowest BCUT2D eigenvalue weighted by Crippen LogP contribution is -2.11. The Morgan fingerprint density at radius 3 is 2.86 bits per heavy atom. The van der Waals surface area contributed by atoms with Crippen molar-refractivity contribution in [2.24, 2.45) is 0 Å². The van der Waals surface area contributed by atoms with Gasteiger partial charge in [0.2, 0.25) is 5.91 Å². The molecule has 7 heavy (non-hydrogen) atoms. The molecule has 1 rings (SSSR count). The monoisotopic (exact) mass is 116 g/mol. The fraction of sp³-hybridized carbons (Fsp3) is 0.500. The maximum atomic E-state index is 10.4. The van der Waals surface area contributed by atoms with Crippen molar-refractivity contribution in [1.82, 2.24) is 4.31 Å². The van der Waals surface area contributed by atoms with E-state index >= 15 is 0 Å². The molecule has 0 N–H and O–H groups in total. The van der Waals surface area contributed by atoms with Crippen molar-refractivity contribution >= 4 is 17.9 Å². The molecule has 0 saturated carbocycles. The van der Waals surface area contributed by atoms with E-state index in [0.29, 0.717) is 0 Å². The summed E-state index contributed by atoms with van der Waals surface area (Å²) in [4.78, 5) is 10.4. The van der Waals surface area contributed by atoms with Crippen LogP contribution in [0.3, 0.4) is 0 Å². The van der Waals surface area contributed by atoms with E-state index in [-0.39, 0.29) is 5.91 Å². The Labute approximate surface area is 47.0 Å². The molecule has 0 aromatic heterocycles. The summed E-state index contributed by atoms with van der Waals surface area (Å²) in [5.74, 6) is 0.972. The van der Waals surface area contributed by atoms with Crippen LogP contribution in [0.4, 0.5) is 0 Å². The van der Waals surface area contributed by atoms with E-state index in [1.165, 1.54) is 11.9 Å². The molecule has 1 fully saturated rings. The van der Waals surface area contributed by atoms with Gasteiger partial charge in [0.1, 0.15) is 0 Å². The van der Waals surface area contributed by atoms with Crippen LogP contribution in [0.25, 0.3) is 0 Å². The number of nitrogens with zero attached hydrogens (tertiary/aromatic N) is 1. The van der Waals surface area contributed by atoms with E-state index in [2.05, 4.69) is 0 Å². The molecule has 0 aromatic rings. The number of carbonyl (C=O) groups is 1. The molecule has 0 aliphatic carbocycles. The van der Waals surface area contributed by atoms with Crippen LogP contribution in [0.1, 0.15) is 0 Å². The van der Waals surface area contributed by atoms with Crippen molar-refractivity contribution in [1.29, 1.82) is 0 Å². The molecule has 0 unspecified atom stereocenters. The first-order valence-corrected chi connectivity index (χ1v) is 2.99. The summed E-state index contributed by atoms with van der Waals surface area (Å²) in [6.07, 6.45) is 1.67. The van der Waals surface area contributed by atoms with E-state index in [1.54, 1.807) is 17.8 Å². The Morgan fingerprint density at radius 1 is 2.00 bits per heavy atom. The second-order valence-electron chi connectivity index (χ2n) is 1.34. The predicted octanol–water partition coefficient (Wildman–Crippen LogP) is 0.311. The van der Waals surface area contributed by atoms with Crippen molar-refractivity contribution in [2.75, 3.05) is 12.8 Å².